The van der Waals surface area contributed by atoms with E-state index in [-0.39, 0.29) is 5.78 Å². The first kappa shape index (κ1) is 13.8. The molecule has 3 heteroatoms. The number of nitriles is 1. The average Bonchev–Trinajstić information content (AvgIpc) is 2.46. The van der Waals surface area contributed by atoms with Gasteiger partial charge in [-0.25, -0.2) is 0 Å². The molecular weight excluding hydrogens is 248 g/mol. The molecule has 0 saturated heterocycles. The van der Waals surface area contributed by atoms with Gasteiger partial charge in [-0.2, -0.15) is 5.26 Å². The number of anilines is 2. The predicted molar refractivity (Wildman–Crippen MR) is 80.4 cm³/mol. The van der Waals surface area contributed by atoms with Gasteiger partial charge in [-0.1, -0.05) is 17.7 Å². The fourth-order valence-corrected chi connectivity index (χ4v) is 2.08. The minimum atomic E-state index is -0.0107. The standard InChI is InChI=1S/C17H16N2O/c1-12-4-7-15(8-5-12)19(3)17-10-14(11-18)6-9-16(17)13(2)20/h4-10H,1-3H3. The normalized spacial score (nSPS) is 9.90. The quantitative estimate of drug-likeness (QED) is 0.791. The smallest absolute Gasteiger partial charge is 0.161 e. The zero-order valence-corrected chi connectivity index (χ0v) is 11.8. The molecule has 20 heavy (non-hydrogen) atoms. The summed E-state index contributed by atoms with van der Waals surface area (Å²) in [5.74, 6) is -0.0107. The third-order valence-electron chi connectivity index (χ3n) is 3.29. The molecule has 0 N–H and O–H groups in total. The van der Waals surface area contributed by atoms with Gasteiger partial charge in [-0.15, -0.1) is 0 Å². The molecule has 0 aliphatic carbocycles. The van der Waals surface area contributed by atoms with E-state index in [0.29, 0.717) is 11.1 Å². The van der Waals surface area contributed by atoms with Crippen LogP contribution in [0.5, 0.6) is 0 Å². The van der Waals surface area contributed by atoms with E-state index in [9.17, 15) is 4.79 Å². The van der Waals surface area contributed by atoms with E-state index in [0.717, 1.165) is 11.4 Å². The fraction of sp³-hybridized carbons (Fsp3) is 0.176. The molecule has 100 valence electrons. The third-order valence-corrected chi connectivity index (χ3v) is 3.29. The summed E-state index contributed by atoms with van der Waals surface area (Å²) in [5, 5.41) is 9.03. The Hall–Kier alpha value is -2.60. The molecule has 0 aromatic heterocycles. The third kappa shape index (κ3) is 2.70. The van der Waals surface area contributed by atoms with Gasteiger partial charge in [0.25, 0.3) is 0 Å². The van der Waals surface area contributed by atoms with Gasteiger partial charge < -0.3 is 4.90 Å². The summed E-state index contributed by atoms with van der Waals surface area (Å²) < 4.78 is 0. The lowest BCUT2D eigenvalue weighted by Gasteiger charge is -2.22. The molecule has 0 aliphatic rings. The van der Waals surface area contributed by atoms with E-state index >= 15 is 0 Å². The van der Waals surface area contributed by atoms with Gasteiger partial charge in [-0.3, -0.25) is 4.79 Å². The number of carbonyl (C=O) groups excluding carboxylic acids is 1. The van der Waals surface area contributed by atoms with Crippen molar-refractivity contribution in [3.05, 3.63) is 59.2 Å². The molecule has 0 saturated carbocycles. The van der Waals surface area contributed by atoms with Crippen LogP contribution in [0.15, 0.2) is 42.5 Å². The van der Waals surface area contributed by atoms with E-state index in [4.69, 9.17) is 5.26 Å². The second kappa shape index (κ2) is 5.58. The van der Waals surface area contributed by atoms with Crippen molar-refractivity contribution in [1.82, 2.24) is 0 Å². The number of aryl methyl sites for hydroxylation is 1. The maximum Gasteiger partial charge on any atom is 0.161 e. The maximum absolute atomic E-state index is 11.7. The van der Waals surface area contributed by atoms with Crippen LogP contribution in [-0.2, 0) is 0 Å². The van der Waals surface area contributed by atoms with Gasteiger partial charge in [0.15, 0.2) is 5.78 Å². The largest absolute Gasteiger partial charge is 0.344 e. The van der Waals surface area contributed by atoms with Crippen molar-refractivity contribution in [2.24, 2.45) is 0 Å². The van der Waals surface area contributed by atoms with Gasteiger partial charge in [-0.05, 0) is 44.2 Å². The Morgan fingerprint density at radius 3 is 2.35 bits per heavy atom. The van der Waals surface area contributed by atoms with Crippen molar-refractivity contribution in [2.75, 3.05) is 11.9 Å². The number of rotatable bonds is 3. The topological polar surface area (TPSA) is 44.1 Å². The molecule has 0 radical (unpaired) electrons. The highest BCUT2D eigenvalue weighted by Gasteiger charge is 2.13. The average molecular weight is 264 g/mol. The SMILES string of the molecule is CC(=O)c1ccc(C#N)cc1N(C)c1ccc(C)cc1. The summed E-state index contributed by atoms with van der Waals surface area (Å²) in [6.07, 6.45) is 0. The maximum atomic E-state index is 11.7. The van der Waals surface area contributed by atoms with Gasteiger partial charge in [0.05, 0.1) is 17.3 Å². The second-order valence-electron chi connectivity index (χ2n) is 4.79. The van der Waals surface area contributed by atoms with Crippen LogP contribution in [0.2, 0.25) is 0 Å². The Morgan fingerprint density at radius 2 is 1.80 bits per heavy atom. The van der Waals surface area contributed by atoms with Crippen LogP contribution in [0.1, 0.15) is 28.4 Å². The minimum Gasteiger partial charge on any atom is -0.344 e. The van der Waals surface area contributed by atoms with Crippen LogP contribution in [0.3, 0.4) is 0 Å². The molecule has 0 bridgehead atoms. The zero-order valence-electron chi connectivity index (χ0n) is 11.8. The molecule has 2 aromatic rings. The fourth-order valence-electron chi connectivity index (χ4n) is 2.08. The Bertz CT molecular complexity index is 681. The molecule has 0 atom stereocenters. The van der Waals surface area contributed by atoms with Gasteiger partial charge in [0.1, 0.15) is 0 Å². The summed E-state index contributed by atoms with van der Waals surface area (Å²) in [7, 11) is 1.90. The summed E-state index contributed by atoms with van der Waals surface area (Å²) in [5.41, 5.74) is 4.07. The predicted octanol–water partition coefficient (Wildman–Crippen LogP) is 3.84. The van der Waals surface area contributed by atoms with Crippen LogP contribution < -0.4 is 4.90 Å². The lowest BCUT2D eigenvalue weighted by atomic mass is 10.0. The Labute approximate surface area is 119 Å². The molecule has 3 nitrogen and oxygen atoms in total. The zero-order chi connectivity index (χ0) is 14.7. The number of ketones is 1. The highest BCUT2D eigenvalue weighted by atomic mass is 16.1. The molecular formula is C17H16N2O. The number of benzene rings is 2. The molecule has 0 amide bonds. The lowest BCUT2D eigenvalue weighted by Crippen LogP contribution is -2.13. The molecule has 0 spiro atoms. The molecule has 0 unspecified atom stereocenters. The van der Waals surface area contributed by atoms with E-state index in [2.05, 4.69) is 6.07 Å². The molecule has 0 aliphatic heterocycles. The van der Waals surface area contributed by atoms with Gasteiger partial charge in [0, 0.05) is 18.3 Å². The van der Waals surface area contributed by atoms with Crippen LogP contribution in [0, 0.1) is 18.3 Å². The van der Waals surface area contributed by atoms with E-state index in [1.165, 1.54) is 12.5 Å². The van der Waals surface area contributed by atoms with Crippen LogP contribution in [0.25, 0.3) is 0 Å². The molecule has 0 heterocycles. The number of carbonyl (C=O) groups is 1. The minimum absolute atomic E-state index is 0.0107. The molecule has 0 fully saturated rings. The summed E-state index contributed by atoms with van der Waals surface area (Å²) in [4.78, 5) is 13.7. The van der Waals surface area contributed by atoms with Crippen LogP contribution in [0.4, 0.5) is 11.4 Å². The summed E-state index contributed by atoms with van der Waals surface area (Å²) >= 11 is 0. The van der Waals surface area contributed by atoms with E-state index in [1.54, 1.807) is 18.2 Å². The number of nitrogens with zero attached hydrogens (tertiary/aromatic N) is 2. The Morgan fingerprint density at radius 1 is 1.15 bits per heavy atom. The van der Waals surface area contributed by atoms with Crippen molar-refractivity contribution in [3.63, 3.8) is 0 Å². The highest BCUT2D eigenvalue weighted by Crippen LogP contribution is 2.28. The molecule has 2 rings (SSSR count). The van der Waals surface area contributed by atoms with Crippen molar-refractivity contribution in [2.45, 2.75) is 13.8 Å². The van der Waals surface area contributed by atoms with Crippen molar-refractivity contribution >= 4 is 17.2 Å². The van der Waals surface area contributed by atoms with Gasteiger partial charge >= 0.3 is 0 Å². The summed E-state index contributed by atoms with van der Waals surface area (Å²) in [6.45, 7) is 3.56. The first-order valence-corrected chi connectivity index (χ1v) is 6.38. The Balaban J connectivity index is 2.52. The number of hydrogen-bond donors (Lipinski definition) is 0. The monoisotopic (exact) mass is 264 g/mol. The van der Waals surface area contributed by atoms with Crippen LogP contribution >= 0.6 is 0 Å². The number of Topliss-reactive ketones (excluding diaryl/α,β-unsaturated/α-hetero) is 1. The number of hydrogen-bond acceptors (Lipinski definition) is 3. The second-order valence-corrected chi connectivity index (χ2v) is 4.79. The highest BCUT2D eigenvalue weighted by molar-refractivity contribution is 6.00. The van der Waals surface area contributed by atoms with E-state index in [1.807, 2.05) is 43.1 Å². The first-order valence-electron chi connectivity index (χ1n) is 6.38. The van der Waals surface area contributed by atoms with Crippen LogP contribution in [-0.4, -0.2) is 12.8 Å². The Kier molecular flexibility index (Phi) is 3.86. The van der Waals surface area contributed by atoms with Crippen molar-refractivity contribution in [1.29, 1.82) is 5.26 Å². The van der Waals surface area contributed by atoms with E-state index < -0.39 is 0 Å². The first-order chi connectivity index (χ1) is 9.52. The van der Waals surface area contributed by atoms with Crippen molar-refractivity contribution < 1.29 is 4.79 Å². The molecule has 2 aromatic carbocycles. The summed E-state index contributed by atoms with van der Waals surface area (Å²) in [6, 6.07) is 15.3. The van der Waals surface area contributed by atoms with Crippen molar-refractivity contribution in [3.8, 4) is 6.07 Å². The lowest BCUT2D eigenvalue weighted by molar-refractivity contribution is 0.101. The van der Waals surface area contributed by atoms with Gasteiger partial charge in [0.2, 0.25) is 0 Å².